The van der Waals surface area contributed by atoms with Crippen LogP contribution in [-0.2, 0) is 16.4 Å². The summed E-state index contributed by atoms with van der Waals surface area (Å²) in [6, 6.07) is 13.3. The predicted molar refractivity (Wildman–Crippen MR) is 98.4 cm³/mol. The minimum absolute atomic E-state index is 0.163. The lowest BCUT2D eigenvalue weighted by Gasteiger charge is -2.18. The lowest BCUT2D eigenvalue weighted by atomic mass is 10.1. The van der Waals surface area contributed by atoms with E-state index in [2.05, 4.69) is 5.32 Å². The molecule has 0 fully saturated rings. The van der Waals surface area contributed by atoms with E-state index < -0.39 is 15.9 Å². The number of carbonyl (C=O) groups is 1. The van der Waals surface area contributed by atoms with Gasteiger partial charge in [0.1, 0.15) is 0 Å². The molecule has 1 N–H and O–H groups in total. The van der Waals surface area contributed by atoms with Gasteiger partial charge in [-0.3, -0.25) is 9.10 Å². The van der Waals surface area contributed by atoms with E-state index in [4.69, 9.17) is 16.9 Å². The molecule has 0 saturated carbocycles. The highest BCUT2D eigenvalue weighted by molar-refractivity contribution is 7.92. The SMILES string of the molecule is CN(c1ccc(Cl)c(C(=O)Nc2ccc(CC#N)cc2)c1)S(C)(=O)=O. The maximum absolute atomic E-state index is 12.5. The minimum Gasteiger partial charge on any atom is -0.322 e. The lowest BCUT2D eigenvalue weighted by Crippen LogP contribution is -2.25. The zero-order valence-electron chi connectivity index (χ0n) is 13.7. The molecular weight excluding hydrogens is 362 g/mol. The summed E-state index contributed by atoms with van der Waals surface area (Å²) < 4.78 is 24.4. The number of hydrogen-bond donors (Lipinski definition) is 1. The maximum atomic E-state index is 12.5. The average molecular weight is 378 g/mol. The Hall–Kier alpha value is -2.56. The first kappa shape index (κ1) is 18.8. The zero-order valence-corrected chi connectivity index (χ0v) is 15.2. The van der Waals surface area contributed by atoms with Crippen LogP contribution in [0.3, 0.4) is 0 Å². The number of nitrogens with one attached hydrogen (secondary N) is 1. The number of carbonyl (C=O) groups excluding carboxylic acids is 1. The molecule has 2 aromatic carbocycles. The summed E-state index contributed by atoms with van der Waals surface area (Å²) in [5.41, 5.74) is 1.89. The average Bonchev–Trinajstić information content (AvgIpc) is 2.56. The van der Waals surface area contributed by atoms with E-state index in [1.165, 1.54) is 25.2 Å². The fraction of sp³-hybridized carbons (Fsp3) is 0.176. The number of anilines is 2. The number of nitrogens with zero attached hydrogens (tertiary/aromatic N) is 2. The van der Waals surface area contributed by atoms with Crippen LogP contribution in [0.2, 0.25) is 5.02 Å². The van der Waals surface area contributed by atoms with Crippen LogP contribution in [0.25, 0.3) is 0 Å². The Morgan fingerprint density at radius 2 is 1.88 bits per heavy atom. The van der Waals surface area contributed by atoms with E-state index in [0.717, 1.165) is 16.1 Å². The van der Waals surface area contributed by atoms with Crippen molar-refractivity contribution in [1.82, 2.24) is 0 Å². The molecule has 1 amide bonds. The highest BCUT2D eigenvalue weighted by Crippen LogP contribution is 2.25. The molecule has 130 valence electrons. The number of sulfonamides is 1. The maximum Gasteiger partial charge on any atom is 0.257 e. The third-order valence-corrected chi connectivity index (χ3v) is 5.09. The van der Waals surface area contributed by atoms with Crippen LogP contribution in [0.4, 0.5) is 11.4 Å². The van der Waals surface area contributed by atoms with Crippen molar-refractivity contribution in [2.45, 2.75) is 6.42 Å². The quantitative estimate of drug-likeness (QED) is 0.866. The monoisotopic (exact) mass is 377 g/mol. The first-order valence-electron chi connectivity index (χ1n) is 7.23. The summed E-state index contributed by atoms with van der Waals surface area (Å²) in [4.78, 5) is 12.5. The number of hydrogen-bond acceptors (Lipinski definition) is 4. The standard InChI is InChI=1S/C17H16ClN3O3S/c1-21(25(2,23)24)14-7-8-16(18)15(11-14)17(22)20-13-5-3-12(4-6-13)9-10-19/h3-8,11H,9H2,1-2H3,(H,20,22). The van der Waals surface area contributed by atoms with Gasteiger partial charge in [-0.05, 0) is 35.9 Å². The fourth-order valence-corrected chi connectivity index (χ4v) is 2.77. The number of rotatable bonds is 5. The topological polar surface area (TPSA) is 90.3 Å². The molecule has 0 radical (unpaired) electrons. The van der Waals surface area contributed by atoms with E-state index in [9.17, 15) is 13.2 Å². The Morgan fingerprint density at radius 3 is 2.44 bits per heavy atom. The lowest BCUT2D eigenvalue weighted by molar-refractivity contribution is 0.102. The van der Waals surface area contributed by atoms with Crippen molar-refractivity contribution >= 4 is 38.9 Å². The highest BCUT2D eigenvalue weighted by Gasteiger charge is 2.17. The molecule has 0 saturated heterocycles. The Bertz CT molecular complexity index is 935. The van der Waals surface area contributed by atoms with Gasteiger partial charge in [0.25, 0.3) is 5.91 Å². The molecule has 6 nitrogen and oxygen atoms in total. The molecule has 0 aromatic heterocycles. The molecule has 0 aliphatic rings. The van der Waals surface area contributed by atoms with E-state index in [0.29, 0.717) is 17.8 Å². The molecule has 25 heavy (non-hydrogen) atoms. The normalized spacial score (nSPS) is 10.8. The first-order valence-corrected chi connectivity index (χ1v) is 9.45. The van der Waals surface area contributed by atoms with Gasteiger partial charge in [0, 0.05) is 12.7 Å². The molecule has 2 rings (SSSR count). The van der Waals surface area contributed by atoms with Gasteiger partial charge in [-0.1, -0.05) is 23.7 Å². The summed E-state index contributed by atoms with van der Waals surface area (Å²) >= 11 is 6.08. The Morgan fingerprint density at radius 1 is 1.24 bits per heavy atom. The third-order valence-electron chi connectivity index (χ3n) is 3.55. The van der Waals surface area contributed by atoms with Gasteiger partial charge in [-0.15, -0.1) is 0 Å². The fourth-order valence-electron chi connectivity index (χ4n) is 2.07. The molecule has 0 aliphatic heterocycles. The first-order chi connectivity index (χ1) is 11.7. The van der Waals surface area contributed by atoms with Gasteiger partial charge in [-0.2, -0.15) is 5.26 Å². The summed E-state index contributed by atoms with van der Waals surface area (Å²) in [7, 11) is -2.05. The minimum atomic E-state index is -3.45. The molecule has 0 heterocycles. The van der Waals surface area contributed by atoms with Crippen LogP contribution in [0.1, 0.15) is 15.9 Å². The molecule has 2 aromatic rings. The molecule has 0 bridgehead atoms. The van der Waals surface area contributed by atoms with Crippen molar-refractivity contribution in [1.29, 1.82) is 5.26 Å². The van der Waals surface area contributed by atoms with Gasteiger partial charge in [0.05, 0.1) is 35.0 Å². The highest BCUT2D eigenvalue weighted by atomic mass is 35.5. The second-order valence-corrected chi connectivity index (χ2v) is 7.80. The van der Waals surface area contributed by atoms with Gasteiger partial charge < -0.3 is 5.32 Å². The second-order valence-electron chi connectivity index (χ2n) is 5.38. The van der Waals surface area contributed by atoms with Gasteiger partial charge in [0.2, 0.25) is 10.0 Å². The van der Waals surface area contributed by atoms with Crippen molar-refractivity contribution < 1.29 is 13.2 Å². The van der Waals surface area contributed by atoms with Crippen molar-refractivity contribution in [3.63, 3.8) is 0 Å². The predicted octanol–water partition coefficient (Wildman–Crippen LogP) is 3.05. The Balaban J connectivity index is 2.25. The van der Waals surface area contributed by atoms with E-state index in [1.54, 1.807) is 24.3 Å². The molecule has 8 heteroatoms. The summed E-state index contributed by atoms with van der Waals surface area (Å²) in [6.07, 6.45) is 1.37. The van der Waals surface area contributed by atoms with Crippen LogP contribution >= 0.6 is 11.6 Å². The molecule has 0 unspecified atom stereocenters. The molecule has 0 aliphatic carbocycles. The number of nitriles is 1. The summed E-state index contributed by atoms with van der Waals surface area (Å²) in [6.45, 7) is 0. The second kappa shape index (κ2) is 7.55. The summed E-state index contributed by atoms with van der Waals surface area (Å²) in [5, 5.41) is 11.6. The zero-order chi connectivity index (χ0) is 18.6. The van der Waals surface area contributed by atoms with Gasteiger partial charge >= 0.3 is 0 Å². The largest absolute Gasteiger partial charge is 0.322 e. The molecule has 0 spiro atoms. The van der Waals surface area contributed by atoms with E-state index in [-0.39, 0.29) is 10.6 Å². The molecular formula is C17H16ClN3O3S. The number of benzene rings is 2. The number of halogens is 1. The smallest absolute Gasteiger partial charge is 0.257 e. The van der Waals surface area contributed by atoms with E-state index in [1.807, 2.05) is 6.07 Å². The Kier molecular flexibility index (Phi) is 5.67. The van der Waals surface area contributed by atoms with Crippen LogP contribution in [-0.4, -0.2) is 27.6 Å². The van der Waals surface area contributed by atoms with Crippen molar-refractivity contribution in [3.05, 3.63) is 58.6 Å². The van der Waals surface area contributed by atoms with Gasteiger partial charge in [0.15, 0.2) is 0 Å². The van der Waals surface area contributed by atoms with E-state index >= 15 is 0 Å². The van der Waals surface area contributed by atoms with Crippen molar-refractivity contribution in [3.8, 4) is 6.07 Å². The Labute approximate surface area is 151 Å². The van der Waals surface area contributed by atoms with Gasteiger partial charge in [-0.25, -0.2) is 8.42 Å². The van der Waals surface area contributed by atoms with Crippen molar-refractivity contribution in [2.75, 3.05) is 22.9 Å². The molecule has 0 atom stereocenters. The van der Waals surface area contributed by atoms with Crippen LogP contribution in [0.5, 0.6) is 0 Å². The van der Waals surface area contributed by atoms with Crippen LogP contribution in [0.15, 0.2) is 42.5 Å². The van der Waals surface area contributed by atoms with Crippen LogP contribution in [0, 0.1) is 11.3 Å². The third kappa shape index (κ3) is 4.72. The number of amides is 1. The van der Waals surface area contributed by atoms with Crippen molar-refractivity contribution in [2.24, 2.45) is 0 Å². The summed E-state index contributed by atoms with van der Waals surface area (Å²) in [5.74, 6) is -0.457. The van der Waals surface area contributed by atoms with Crippen LogP contribution < -0.4 is 9.62 Å².